The Hall–Kier alpha value is -2.31. The van der Waals surface area contributed by atoms with Gasteiger partial charge in [0.15, 0.2) is 0 Å². The first-order valence-corrected chi connectivity index (χ1v) is 6.32. The number of hydrogen-bond acceptors (Lipinski definition) is 4. The number of carbonyl (C=O) groups excluding carboxylic acids is 1. The zero-order chi connectivity index (χ0) is 14.5. The number of nitrogens with zero attached hydrogens (tertiary/aromatic N) is 4. The molecule has 0 bridgehead atoms. The third-order valence-corrected chi connectivity index (χ3v) is 2.94. The predicted octanol–water partition coefficient (Wildman–Crippen LogP) is 1.27. The van der Waals surface area contributed by atoms with E-state index in [0.29, 0.717) is 6.54 Å². The summed E-state index contributed by atoms with van der Waals surface area (Å²) in [6, 6.07) is 1.03. The number of pyridine rings is 1. The zero-order valence-corrected chi connectivity index (χ0v) is 11.3. The van der Waals surface area contributed by atoms with Gasteiger partial charge in [0.2, 0.25) is 0 Å². The summed E-state index contributed by atoms with van der Waals surface area (Å²) in [4.78, 5) is 15.7. The molecule has 7 heteroatoms. The van der Waals surface area contributed by atoms with E-state index in [1.807, 2.05) is 13.8 Å². The molecule has 6 nitrogen and oxygen atoms in total. The van der Waals surface area contributed by atoms with E-state index in [9.17, 15) is 9.18 Å². The fraction of sp³-hybridized carbons (Fsp3) is 0.385. The molecule has 0 aliphatic heterocycles. The lowest BCUT2D eigenvalue weighted by molar-refractivity contribution is 0.0918. The second kappa shape index (κ2) is 6.23. The molecule has 2 heterocycles. The minimum atomic E-state index is -0.532. The van der Waals surface area contributed by atoms with Crippen molar-refractivity contribution in [1.82, 2.24) is 25.3 Å². The largest absolute Gasteiger partial charge is 0.347 e. The maximum absolute atomic E-state index is 13.1. The van der Waals surface area contributed by atoms with Crippen molar-refractivity contribution < 1.29 is 9.18 Å². The molecule has 0 saturated heterocycles. The highest BCUT2D eigenvalue weighted by Crippen LogP contribution is 2.07. The first kappa shape index (κ1) is 14.1. The van der Waals surface area contributed by atoms with Crippen LogP contribution in [0.2, 0.25) is 0 Å². The van der Waals surface area contributed by atoms with E-state index in [0.717, 1.165) is 12.3 Å². The van der Waals surface area contributed by atoms with Gasteiger partial charge in [-0.3, -0.25) is 14.5 Å². The lowest BCUT2D eigenvalue weighted by Gasteiger charge is -2.22. The second-order valence-electron chi connectivity index (χ2n) is 4.84. The lowest BCUT2D eigenvalue weighted by Crippen LogP contribution is -2.41. The van der Waals surface area contributed by atoms with E-state index in [1.165, 1.54) is 6.20 Å². The van der Waals surface area contributed by atoms with E-state index in [-0.39, 0.29) is 23.4 Å². The number of amides is 1. The highest BCUT2D eigenvalue weighted by molar-refractivity contribution is 5.94. The second-order valence-corrected chi connectivity index (χ2v) is 4.84. The molecule has 20 heavy (non-hydrogen) atoms. The van der Waals surface area contributed by atoms with Crippen LogP contribution in [0.15, 0.2) is 30.9 Å². The average Bonchev–Trinajstić information content (AvgIpc) is 2.90. The van der Waals surface area contributed by atoms with Crippen molar-refractivity contribution in [2.24, 2.45) is 5.92 Å². The molecule has 0 aliphatic carbocycles. The van der Waals surface area contributed by atoms with Crippen molar-refractivity contribution >= 4 is 5.91 Å². The van der Waals surface area contributed by atoms with E-state index in [1.54, 1.807) is 17.1 Å². The van der Waals surface area contributed by atoms with Crippen molar-refractivity contribution in [1.29, 1.82) is 0 Å². The maximum Gasteiger partial charge on any atom is 0.253 e. The van der Waals surface area contributed by atoms with Crippen LogP contribution in [0.4, 0.5) is 4.39 Å². The molecule has 0 fully saturated rings. The summed E-state index contributed by atoms with van der Waals surface area (Å²) < 4.78 is 14.7. The summed E-state index contributed by atoms with van der Waals surface area (Å²) in [6.07, 6.45) is 5.71. The van der Waals surface area contributed by atoms with Gasteiger partial charge in [0, 0.05) is 12.4 Å². The van der Waals surface area contributed by atoms with Gasteiger partial charge in [0.25, 0.3) is 5.91 Å². The van der Waals surface area contributed by atoms with Crippen LogP contribution in [0.5, 0.6) is 0 Å². The highest BCUT2D eigenvalue weighted by Gasteiger charge is 2.18. The summed E-state index contributed by atoms with van der Waals surface area (Å²) in [6.45, 7) is 4.49. The molecule has 1 N–H and O–H groups in total. The van der Waals surface area contributed by atoms with Gasteiger partial charge in [-0.15, -0.1) is 5.10 Å². The Labute approximate surface area is 116 Å². The van der Waals surface area contributed by atoms with Crippen LogP contribution in [0.3, 0.4) is 0 Å². The Morgan fingerprint density at radius 1 is 1.45 bits per heavy atom. The minimum Gasteiger partial charge on any atom is -0.347 e. The fourth-order valence-electron chi connectivity index (χ4n) is 1.74. The fourth-order valence-corrected chi connectivity index (χ4v) is 1.74. The molecule has 0 saturated carbocycles. The number of nitrogens with one attached hydrogen (secondary N) is 1. The number of aromatic nitrogens is 4. The minimum absolute atomic E-state index is 0.132. The van der Waals surface area contributed by atoms with Crippen LogP contribution in [-0.2, 0) is 6.54 Å². The Morgan fingerprint density at radius 2 is 2.25 bits per heavy atom. The molecule has 1 atom stereocenters. The number of carbonyl (C=O) groups is 1. The molecule has 106 valence electrons. The first-order chi connectivity index (χ1) is 9.56. The lowest BCUT2D eigenvalue weighted by atomic mass is 10.0. The third-order valence-electron chi connectivity index (χ3n) is 2.94. The predicted molar refractivity (Wildman–Crippen MR) is 70.3 cm³/mol. The molecule has 2 rings (SSSR count). The molecule has 0 radical (unpaired) electrons. The van der Waals surface area contributed by atoms with E-state index < -0.39 is 5.82 Å². The summed E-state index contributed by atoms with van der Waals surface area (Å²) in [5.41, 5.74) is 0.203. The van der Waals surface area contributed by atoms with Gasteiger partial charge in [-0.25, -0.2) is 4.39 Å². The van der Waals surface area contributed by atoms with Gasteiger partial charge >= 0.3 is 0 Å². The van der Waals surface area contributed by atoms with Crippen LogP contribution < -0.4 is 5.32 Å². The summed E-state index contributed by atoms with van der Waals surface area (Å²) in [7, 11) is 0. The SMILES string of the molecule is CC(C)[C@H](Cn1ccnn1)NC(=O)c1cncc(F)c1. The van der Waals surface area contributed by atoms with Crippen LogP contribution in [0.25, 0.3) is 0 Å². The van der Waals surface area contributed by atoms with E-state index in [4.69, 9.17) is 0 Å². The quantitative estimate of drug-likeness (QED) is 0.893. The van der Waals surface area contributed by atoms with Crippen molar-refractivity contribution in [3.05, 3.63) is 42.2 Å². The molecule has 1 amide bonds. The van der Waals surface area contributed by atoms with Gasteiger partial charge in [-0.1, -0.05) is 19.1 Å². The monoisotopic (exact) mass is 277 g/mol. The molecule has 0 aromatic carbocycles. The summed E-state index contributed by atoms with van der Waals surface area (Å²) in [5.74, 6) is -0.685. The van der Waals surface area contributed by atoms with Crippen LogP contribution >= 0.6 is 0 Å². The highest BCUT2D eigenvalue weighted by atomic mass is 19.1. The Morgan fingerprint density at radius 3 is 2.85 bits per heavy atom. The molecule has 0 unspecified atom stereocenters. The van der Waals surface area contributed by atoms with Crippen LogP contribution in [0.1, 0.15) is 24.2 Å². The summed E-state index contributed by atoms with van der Waals surface area (Å²) >= 11 is 0. The van der Waals surface area contributed by atoms with Crippen LogP contribution in [-0.4, -0.2) is 31.9 Å². The van der Waals surface area contributed by atoms with Crippen molar-refractivity contribution in [3.8, 4) is 0 Å². The third kappa shape index (κ3) is 3.59. The first-order valence-electron chi connectivity index (χ1n) is 6.32. The molecule has 2 aromatic heterocycles. The van der Waals surface area contributed by atoms with Gasteiger partial charge in [0.1, 0.15) is 5.82 Å². The number of halogens is 1. The molecular weight excluding hydrogens is 261 g/mol. The van der Waals surface area contributed by atoms with Crippen LogP contribution in [0, 0.1) is 11.7 Å². The number of rotatable bonds is 5. The molecule has 2 aromatic rings. The summed E-state index contributed by atoms with van der Waals surface area (Å²) in [5, 5.41) is 10.5. The standard InChI is InChI=1S/C13H16FN5O/c1-9(2)12(8-19-4-3-16-18-19)17-13(20)10-5-11(14)7-15-6-10/h3-7,9,12H,8H2,1-2H3,(H,17,20)/t12-/m0/s1. The van der Waals surface area contributed by atoms with Crippen molar-refractivity contribution in [2.75, 3.05) is 0 Å². The van der Waals surface area contributed by atoms with E-state index >= 15 is 0 Å². The normalized spacial score (nSPS) is 12.4. The Balaban J connectivity index is 2.06. The smallest absolute Gasteiger partial charge is 0.253 e. The molecule has 0 spiro atoms. The van der Waals surface area contributed by atoms with Crippen molar-refractivity contribution in [2.45, 2.75) is 26.4 Å². The molecular formula is C13H16FN5O. The van der Waals surface area contributed by atoms with Gasteiger partial charge < -0.3 is 5.32 Å². The average molecular weight is 277 g/mol. The van der Waals surface area contributed by atoms with Gasteiger partial charge in [-0.2, -0.15) is 0 Å². The maximum atomic E-state index is 13.1. The zero-order valence-electron chi connectivity index (χ0n) is 11.3. The van der Waals surface area contributed by atoms with Crippen molar-refractivity contribution in [3.63, 3.8) is 0 Å². The topological polar surface area (TPSA) is 72.7 Å². The van der Waals surface area contributed by atoms with Gasteiger partial charge in [0.05, 0.1) is 30.5 Å². The van der Waals surface area contributed by atoms with E-state index in [2.05, 4.69) is 20.6 Å². The van der Waals surface area contributed by atoms with Gasteiger partial charge in [-0.05, 0) is 12.0 Å². The molecule has 0 aliphatic rings. The number of hydrogen-bond donors (Lipinski definition) is 1. The Bertz CT molecular complexity index is 570. The Kier molecular flexibility index (Phi) is 4.39.